The number of hydrogen-bond donors (Lipinski definition) is 1. The van der Waals surface area contributed by atoms with Gasteiger partial charge in [0.25, 0.3) is 5.91 Å². The Labute approximate surface area is 138 Å². The van der Waals surface area contributed by atoms with Crippen LogP contribution in [0, 0.1) is 6.92 Å². The summed E-state index contributed by atoms with van der Waals surface area (Å²) in [6.45, 7) is 2.57. The van der Waals surface area contributed by atoms with Crippen LogP contribution >= 0.6 is 11.6 Å². The Morgan fingerprint density at radius 1 is 1.30 bits per heavy atom. The topological polar surface area (TPSA) is 75.2 Å². The highest BCUT2D eigenvalue weighted by molar-refractivity contribution is 6.31. The van der Waals surface area contributed by atoms with Crippen molar-refractivity contribution in [2.45, 2.75) is 13.0 Å². The van der Waals surface area contributed by atoms with Gasteiger partial charge in [0.15, 0.2) is 0 Å². The molecular formula is C16H15ClN4O2. The second-order valence-corrected chi connectivity index (χ2v) is 5.66. The lowest BCUT2D eigenvalue weighted by Gasteiger charge is -2.35. The molecule has 0 spiro atoms. The molecule has 1 aliphatic heterocycles. The molecule has 118 valence electrons. The molecule has 0 bridgehead atoms. The lowest BCUT2D eigenvalue weighted by Crippen LogP contribution is -2.52. The van der Waals surface area contributed by atoms with E-state index in [0.717, 1.165) is 5.69 Å². The zero-order valence-corrected chi connectivity index (χ0v) is 13.2. The molecule has 1 aliphatic rings. The Hall–Kier alpha value is -2.47. The number of carbonyl (C=O) groups is 2. The van der Waals surface area contributed by atoms with Crippen LogP contribution in [0.5, 0.6) is 0 Å². The van der Waals surface area contributed by atoms with Gasteiger partial charge in [-0.15, -0.1) is 0 Å². The fourth-order valence-corrected chi connectivity index (χ4v) is 2.78. The first kappa shape index (κ1) is 15.4. The van der Waals surface area contributed by atoms with E-state index in [4.69, 9.17) is 11.6 Å². The molecule has 0 saturated carbocycles. The molecule has 1 unspecified atom stereocenters. The number of halogens is 1. The number of hydrogen-bond acceptors (Lipinski definition) is 4. The molecule has 7 heteroatoms. The summed E-state index contributed by atoms with van der Waals surface area (Å²) in [7, 11) is 0. The predicted molar refractivity (Wildman–Crippen MR) is 85.0 cm³/mol. The van der Waals surface area contributed by atoms with Crippen molar-refractivity contribution in [1.29, 1.82) is 0 Å². The first-order valence-electron chi connectivity index (χ1n) is 7.19. The van der Waals surface area contributed by atoms with Gasteiger partial charge in [0.1, 0.15) is 11.7 Å². The van der Waals surface area contributed by atoms with E-state index in [0.29, 0.717) is 23.7 Å². The molecule has 3 rings (SSSR count). The molecule has 1 fully saturated rings. The summed E-state index contributed by atoms with van der Waals surface area (Å²) in [5.74, 6) is -0.588. The number of nitrogens with zero attached hydrogens (tertiary/aromatic N) is 3. The number of carbonyl (C=O) groups excluding carboxylic acids is 2. The Bertz CT molecular complexity index is 748. The van der Waals surface area contributed by atoms with Crippen molar-refractivity contribution in [2.75, 3.05) is 13.1 Å². The van der Waals surface area contributed by atoms with Crippen molar-refractivity contribution in [3.05, 3.63) is 58.6 Å². The molecule has 1 atom stereocenters. The maximum absolute atomic E-state index is 12.8. The Morgan fingerprint density at radius 3 is 2.78 bits per heavy atom. The van der Waals surface area contributed by atoms with Crippen molar-refractivity contribution >= 4 is 23.4 Å². The number of piperazine rings is 1. The Morgan fingerprint density at radius 2 is 2.09 bits per heavy atom. The fourth-order valence-electron chi connectivity index (χ4n) is 2.54. The number of aryl methyl sites for hydroxylation is 1. The summed E-state index contributed by atoms with van der Waals surface area (Å²) in [5.41, 5.74) is 1.53. The summed E-state index contributed by atoms with van der Waals surface area (Å²) >= 11 is 6.21. The third-order valence-electron chi connectivity index (χ3n) is 3.67. The minimum absolute atomic E-state index is 0.211. The third-order valence-corrected chi connectivity index (χ3v) is 4.02. The van der Waals surface area contributed by atoms with Crippen molar-refractivity contribution in [3.63, 3.8) is 0 Å². The molecular weight excluding hydrogens is 316 g/mol. The molecule has 2 heterocycles. The third kappa shape index (κ3) is 3.03. The Kier molecular flexibility index (Phi) is 4.25. The molecule has 0 aliphatic carbocycles. The minimum atomic E-state index is -0.770. The molecule has 1 N–H and O–H groups in total. The van der Waals surface area contributed by atoms with E-state index in [9.17, 15) is 9.59 Å². The van der Waals surface area contributed by atoms with E-state index in [2.05, 4.69) is 15.3 Å². The minimum Gasteiger partial charge on any atom is -0.352 e. The van der Waals surface area contributed by atoms with E-state index in [1.54, 1.807) is 31.2 Å². The van der Waals surface area contributed by atoms with Crippen LogP contribution in [0.25, 0.3) is 0 Å². The van der Waals surface area contributed by atoms with Crippen LogP contribution < -0.4 is 5.32 Å². The molecule has 1 aromatic heterocycles. The number of benzene rings is 1. The summed E-state index contributed by atoms with van der Waals surface area (Å²) in [6, 6.07) is 6.25. The van der Waals surface area contributed by atoms with Crippen LogP contribution in [0.15, 0.2) is 36.7 Å². The molecule has 1 saturated heterocycles. The number of amides is 2. The second-order valence-electron chi connectivity index (χ2n) is 5.26. The zero-order chi connectivity index (χ0) is 16.4. The normalized spacial score (nSPS) is 17.7. The number of nitrogens with one attached hydrogen (secondary N) is 1. The van der Waals surface area contributed by atoms with Gasteiger partial charge < -0.3 is 10.2 Å². The maximum Gasteiger partial charge on any atom is 0.275 e. The molecule has 0 radical (unpaired) electrons. The van der Waals surface area contributed by atoms with Gasteiger partial charge in [-0.2, -0.15) is 0 Å². The van der Waals surface area contributed by atoms with E-state index >= 15 is 0 Å². The van der Waals surface area contributed by atoms with Crippen molar-refractivity contribution in [1.82, 2.24) is 20.2 Å². The number of aromatic nitrogens is 2. The van der Waals surface area contributed by atoms with Gasteiger partial charge in [-0.25, -0.2) is 4.98 Å². The van der Waals surface area contributed by atoms with E-state index in [1.165, 1.54) is 17.3 Å². The van der Waals surface area contributed by atoms with Gasteiger partial charge in [0, 0.05) is 29.9 Å². The molecule has 6 nitrogen and oxygen atoms in total. The first-order valence-corrected chi connectivity index (χ1v) is 7.57. The van der Waals surface area contributed by atoms with Crippen LogP contribution in [0.2, 0.25) is 5.02 Å². The summed E-state index contributed by atoms with van der Waals surface area (Å²) in [4.78, 5) is 34.8. The molecule has 23 heavy (non-hydrogen) atoms. The Balaban J connectivity index is 1.98. The van der Waals surface area contributed by atoms with Crippen LogP contribution in [0.3, 0.4) is 0 Å². The monoisotopic (exact) mass is 330 g/mol. The van der Waals surface area contributed by atoms with Crippen LogP contribution in [0.4, 0.5) is 0 Å². The average Bonchev–Trinajstić information content (AvgIpc) is 2.56. The van der Waals surface area contributed by atoms with Gasteiger partial charge in [0.05, 0.1) is 11.9 Å². The van der Waals surface area contributed by atoms with E-state index in [1.807, 2.05) is 0 Å². The van der Waals surface area contributed by atoms with Gasteiger partial charge in [0.2, 0.25) is 5.91 Å². The van der Waals surface area contributed by atoms with Crippen molar-refractivity contribution in [3.8, 4) is 0 Å². The molecule has 2 amide bonds. The van der Waals surface area contributed by atoms with Gasteiger partial charge >= 0.3 is 0 Å². The van der Waals surface area contributed by atoms with Crippen LogP contribution in [-0.2, 0) is 4.79 Å². The first-order chi connectivity index (χ1) is 11.1. The van der Waals surface area contributed by atoms with Gasteiger partial charge in [-0.1, -0.05) is 29.8 Å². The van der Waals surface area contributed by atoms with E-state index < -0.39 is 6.04 Å². The smallest absolute Gasteiger partial charge is 0.275 e. The van der Waals surface area contributed by atoms with Crippen molar-refractivity contribution < 1.29 is 9.59 Å². The fraction of sp³-hybridized carbons (Fsp3) is 0.250. The second kappa shape index (κ2) is 6.34. The number of rotatable bonds is 2. The molecule has 1 aromatic carbocycles. The lowest BCUT2D eigenvalue weighted by atomic mass is 10.0. The zero-order valence-electron chi connectivity index (χ0n) is 12.5. The largest absolute Gasteiger partial charge is 0.352 e. The predicted octanol–water partition coefficient (Wildman–Crippen LogP) is 1.75. The summed E-state index contributed by atoms with van der Waals surface area (Å²) < 4.78 is 0. The standard InChI is InChI=1S/C16H15ClN4O2/c1-10-8-20-13(9-19-10)16(23)21-7-6-18-15(22)14(21)11-4-2-3-5-12(11)17/h2-5,8-9,14H,6-7H2,1H3,(H,18,22). The molecule has 2 aromatic rings. The highest BCUT2D eigenvalue weighted by Crippen LogP contribution is 2.30. The summed E-state index contributed by atoms with van der Waals surface area (Å²) in [6.07, 6.45) is 2.95. The highest BCUT2D eigenvalue weighted by Gasteiger charge is 2.36. The van der Waals surface area contributed by atoms with Crippen LogP contribution in [-0.4, -0.2) is 39.8 Å². The van der Waals surface area contributed by atoms with E-state index in [-0.39, 0.29) is 17.5 Å². The summed E-state index contributed by atoms with van der Waals surface area (Å²) in [5, 5.41) is 3.22. The van der Waals surface area contributed by atoms with Gasteiger partial charge in [-0.3, -0.25) is 14.6 Å². The highest BCUT2D eigenvalue weighted by atomic mass is 35.5. The average molecular weight is 331 g/mol. The van der Waals surface area contributed by atoms with Crippen molar-refractivity contribution in [2.24, 2.45) is 0 Å². The quantitative estimate of drug-likeness (QED) is 0.910. The van der Waals surface area contributed by atoms with Gasteiger partial charge in [-0.05, 0) is 13.0 Å². The van der Waals surface area contributed by atoms with Crippen LogP contribution in [0.1, 0.15) is 27.8 Å². The lowest BCUT2D eigenvalue weighted by molar-refractivity contribution is -0.128. The maximum atomic E-state index is 12.8. The SMILES string of the molecule is Cc1cnc(C(=O)N2CCNC(=O)C2c2ccccc2Cl)cn1.